The quantitative estimate of drug-likeness (QED) is 0.818. The molecule has 1 aromatic carbocycles. The Kier molecular flexibility index (Phi) is 4.31. The molecule has 0 aliphatic rings. The van der Waals surface area contributed by atoms with E-state index in [9.17, 15) is 9.90 Å². The van der Waals surface area contributed by atoms with E-state index in [0.29, 0.717) is 30.0 Å². The van der Waals surface area contributed by atoms with E-state index in [-0.39, 0.29) is 12.3 Å². The second-order valence-electron chi connectivity index (χ2n) is 4.09. The normalized spacial score (nSPS) is 10.5. The van der Waals surface area contributed by atoms with E-state index in [0.717, 1.165) is 0 Å². The number of aliphatic hydroxyl groups excluding tert-OH is 1. The van der Waals surface area contributed by atoms with Crippen LogP contribution in [0.3, 0.4) is 0 Å². The fourth-order valence-corrected chi connectivity index (χ4v) is 1.94. The SMILES string of the molecule is COc1ccccc1-c1c(C(=O)O)nnn1CCCO. The van der Waals surface area contributed by atoms with Crippen LogP contribution in [0.15, 0.2) is 24.3 Å². The summed E-state index contributed by atoms with van der Waals surface area (Å²) in [4.78, 5) is 11.3. The molecule has 2 aromatic rings. The van der Waals surface area contributed by atoms with Crippen LogP contribution in [0.2, 0.25) is 0 Å². The van der Waals surface area contributed by atoms with Gasteiger partial charge >= 0.3 is 5.97 Å². The van der Waals surface area contributed by atoms with Crippen LogP contribution in [0.5, 0.6) is 5.75 Å². The first-order valence-electron chi connectivity index (χ1n) is 6.10. The van der Waals surface area contributed by atoms with Gasteiger partial charge in [0.25, 0.3) is 0 Å². The molecule has 0 aliphatic carbocycles. The summed E-state index contributed by atoms with van der Waals surface area (Å²) < 4.78 is 6.72. The molecular weight excluding hydrogens is 262 g/mol. The minimum atomic E-state index is -1.15. The van der Waals surface area contributed by atoms with Gasteiger partial charge in [0.15, 0.2) is 5.69 Å². The van der Waals surface area contributed by atoms with Crippen molar-refractivity contribution in [3.05, 3.63) is 30.0 Å². The number of hydrogen-bond donors (Lipinski definition) is 2. The fourth-order valence-electron chi connectivity index (χ4n) is 1.94. The van der Waals surface area contributed by atoms with Crippen molar-refractivity contribution in [1.29, 1.82) is 0 Å². The number of benzene rings is 1. The maximum absolute atomic E-state index is 11.3. The summed E-state index contributed by atoms with van der Waals surface area (Å²) in [6.45, 7) is 0.373. The molecule has 2 rings (SSSR count). The van der Waals surface area contributed by atoms with Crippen molar-refractivity contribution in [3.8, 4) is 17.0 Å². The number of aromatic carboxylic acids is 1. The zero-order chi connectivity index (χ0) is 14.5. The van der Waals surface area contributed by atoms with Gasteiger partial charge in [0.05, 0.1) is 7.11 Å². The van der Waals surface area contributed by atoms with Crippen molar-refractivity contribution in [3.63, 3.8) is 0 Å². The summed E-state index contributed by atoms with van der Waals surface area (Å²) in [5, 5.41) is 25.7. The van der Waals surface area contributed by atoms with Crippen molar-refractivity contribution in [2.24, 2.45) is 0 Å². The van der Waals surface area contributed by atoms with Gasteiger partial charge in [-0.05, 0) is 18.6 Å². The van der Waals surface area contributed by atoms with Gasteiger partial charge in [0.1, 0.15) is 11.4 Å². The summed E-state index contributed by atoms with van der Waals surface area (Å²) >= 11 is 0. The predicted octanol–water partition coefficient (Wildman–Crippen LogP) is 1.03. The average molecular weight is 277 g/mol. The number of rotatable bonds is 6. The molecule has 0 atom stereocenters. The number of aromatic nitrogens is 3. The van der Waals surface area contributed by atoms with Crippen molar-refractivity contribution in [2.75, 3.05) is 13.7 Å². The molecule has 0 saturated heterocycles. The molecule has 0 aliphatic heterocycles. The summed E-state index contributed by atoms with van der Waals surface area (Å²) in [6, 6.07) is 7.07. The predicted molar refractivity (Wildman–Crippen MR) is 70.7 cm³/mol. The summed E-state index contributed by atoms with van der Waals surface area (Å²) in [5.41, 5.74) is 0.853. The lowest BCUT2D eigenvalue weighted by Crippen LogP contribution is -2.07. The Morgan fingerprint density at radius 3 is 2.80 bits per heavy atom. The molecule has 0 radical (unpaired) electrons. The molecule has 0 fully saturated rings. The van der Waals surface area contributed by atoms with E-state index in [4.69, 9.17) is 9.84 Å². The Morgan fingerprint density at radius 2 is 2.15 bits per heavy atom. The van der Waals surface area contributed by atoms with E-state index in [1.807, 2.05) is 0 Å². The number of para-hydroxylation sites is 1. The molecule has 0 saturated carbocycles. The molecule has 20 heavy (non-hydrogen) atoms. The van der Waals surface area contributed by atoms with Crippen LogP contribution in [0.25, 0.3) is 11.3 Å². The number of hydrogen-bond acceptors (Lipinski definition) is 5. The number of ether oxygens (including phenoxy) is 1. The second kappa shape index (κ2) is 6.16. The topological polar surface area (TPSA) is 97.5 Å². The number of nitrogens with zero attached hydrogens (tertiary/aromatic N) is 3. The largest absolute Gasteiger partial charge is 0.496 e. The number of carboxylic acids is 1. The van der Waals surface area contributed by atoms with Gasteiger partial charge in [0, 0.05) is 18.7 Å². The van der Waals surface area contributed by atoms with Gasteiger partial charge in [-0.1, -0.05) is 17.3 Å². The van der Waals surface area contributed by atoms with E-state index in [1.54, 1.807) is 24.3 Å². The highest BCUT2D eigenvalue weighted by atomic mass is 16.5. The Bertz CT molecular complexity index is 609. The smallest absolute Gasteiger partial charge is 0.358 e. The van der Waals surface area contributed by atoms with Crippen LogP contribution in [-0.4, -0.2) is 44.9 Å². The highest BCUT2D eigenvalue weighted by Crippen LogP contribution is 2.31. The maximum atomic E-state index is 11.3. The highest BCUT2D eigenvalue weighted by Gasteiger charge is 2.22. The lowest BCUT2D eigenvalue weighted by molar-refractivity contribution is 0.0691. The summed E-state index contributed by atoms with van der Waals surface area (Å²) in [5.74, 6) is -0.608. The zero-order valence-corrected chi connectivity index (χ0v) is 11.0. The molecule has 0 unspecified atom stereocenters. The van der Waals surface area contributed by atoms with Crippen molar-refractivity contribution < 1.29 is 19.7 Å². The number of aliphatic hydroxyl groups is 1. The first-order chi connectivity index (χ1) is 9.69. The van der Waals surface area contributed by atoms with Crippen LogP contribution < -0.4 is 4.74 Å². The third-order valence-electron chi connectivity index (χ3n) is 2.83. The summed E-state index contributed by atoms with van der Waals surface area (Å²) in [7, 11) is 1.52. The standard InChI is InChI=1S/C13H15N3O4/c1-20-10-6-3-2-5-9(10)12-11(13(18)19)14-15-16(12)7-4-8-17/h2-3,5-6,17H,4,7-8H2,1H3,(H,18,19). The third kappa shape index (κ3) is 2.62. The van der Waals surface area contributed by atoms with Gasteiger partial charge in [0.2, 0.25) is 0 Å². The monoisotopic (exact) mass is 277 g/mol. The Hall–Kier alpha value is -2.41. The van der Waals surface area contributed by atoms with Gasteiger partial charge < -0.3 is 14.9 Å². The first kappa shape index (κ1) is 14.0. The van der Waals surface area contributed by atoms with E-state index >= 15 is 0 Å². The van der Waals surface area contributed by atoms with Crippen molar-refractivity contribution >= 4 is 5.97 Å². The fraction of sp³-hybridized carbons (Fsp3) is 0.308. The number of methoxy groups -OCH3 is 1. The second-order valence-corrected chi connectivity index (χ2v) is 4.09. The lowest BCUT2D eigenvalue weighted by Gasteiger charge is -2.10. The van der Waals surface area contributed by atoms with Crippen LogP contribution in [0, 0.1) is 0 Å². The molecule has 0 amide bonds. The molecule has 7 heteroatoms. The Morgan fingerprint density at radius 1 is 1.40 bits per heavy atom. The zero-order valence-electron chi connectivity index (χ0n) is 11.0. The van der Waals surface area contributed by atoms with Crippen molar-refractivity contribution in [2.45, 2.75) is 13.0 Å². The van der Waals surface area contributed by atoms with Crippen molar-refractivity contribution in [1.82, 2.24) is 15.0 Å². The molecule has 1 heterocycles. The van der Waals surface area contributed by atoms with Crippen LogP contribution in [0.1, 0.15) is 16.9 Å². The highest BCUT2D eigenvalue weighted by molar-refractivity contribution is 5.93. The molecule has 2 N–H and O–H groups in total. The van der Waals surface area contributed by atoms with Crippen LogP contribution in [0.4, 0.5) is 0 Å². The van der Waals surface area contributed by atoms with E-state index < -0.39 is 5.97 Å². The number of carbonyl (C=O) groups is 1. The molecule has 106 valence electrons. The minimum Gasteiger partial charge on any atom is -0.496 e. The lowest BCUT2D eigenvalue weighted by atomic mass is 10.1. The van der Waals surface area contributed by atoms with Gasteiger partial charge in [-0.2, -0.15) is 0 Å². The molecule has 1 aromatic heterocycles. The third-order valence-corrected chi connectivity index (χ3v) is 2.83. The maximum Gasteiger partial charge on any atom is 0.358 e. The van der Waals surface area contributed by atoms with E-state index in [1.165, 1.54) is 11.8 Å². The average Bonchev–Trinajstić information content (AvgIpc) is 2.88. The molecule has 0 spiro atoms. The van der Waals surface area contributed by atoms with Crippen LogP contribution >= 0.6 is 0 Å². The molecular formula is C13H15N3O4. The molecule has 0 bridgehead atoms. The number of carboxylic acid groups (broad SMARTS) is 1. The van der Waals surface area contributed by atoms with Gasteiger partial charge in [-0.15, -0.1) is 5.10 Å². The van der Waals surface area contributed by atoms with Gasteiger partial charge in [-0.3, -0.25) is 0 Å². The summed E-state index contributed by atoms with van der Waals surface area (Å²) in [6.07, 6.45) is 0.463. The Balaban J connectivity index is 2.57. The van der Waals surface area contributed by atoms with E-state index in [2.05, 4.69) is 10.3 Å². The molecule has 7 nitrogen and oxygen atoms in total. The van der Waals surface area contributed by atoms with Crippen LogP contribution in [-0.2, 0) is 6.54 Å². The first-order valence-corrected chi connectivity index (χ1v) is 6.10. The number of aryl methyl sites for hydroxylation is 1. The van der Waals surface area contributed by atoms with Gasteiger partial charge in [-0.25, -0.2) is 9.48 Å². The Labute approximate surface area is 115 Å². The minimum absolute atomic E-state index is 0.00632.